The Labute approximate surface area is 118 Å². The monoisotopic (exact) mass is 276 g/mol. The van der Waals surface area contributed by atoms with Crippen LogP contribution < -0.4 is 0 Å². The standard InChI is InChI=1S/C15H20N2O3/c18-15(19)17-5-4-14-12(2-1-3-13(14)11-17)10-16-6-8-20-9-7-16/h1-3H,4-11H2,(H,18,19). The van der Waals surface area contributed by atoms with Crippen LogP contribution in [-0.2, 0) is 24.2 Å². The summed E-state index contributed by atoms with van der Waals surface area (Å²) in [7, 11) is 0. The van der Waals surface area contributed by atoms with Gasteiger partial charge in [-0.3, -0.25) is 4.90 Å². The molecule has 108 valence electrons. The zero-order valence-corrected chi connectivity index (χ0v) is 11.5. The summed E-state index contributed by atoms with van der Waals surface area (Å²) < 4.78 is 5.38. The first kappa shape index (κ1) is 13.4. The molecule has 2 aliphatic rings. The van der Waals surface area contributed by atoms with E-state index in [4.69, 9.17) is 9.84 Å². The lowest BCUT2D eigenvalue weighted by atomic mass is 9.94. The van der Waals surface area contributed by atoms with Crippen LogP contribution in [0.5, 0.6) is 0 Å². The topological polar surface area (TPSA) is 53.0 Å². The summed E-state index contributed by atoms with van der Waals surface area (Å²) in [5.74, 6) is 0. The van der Waals surface area contributed by atoms with Gasteiger partial charge >= 0.3 is 6.09 Å². The quantitative estimate of drug-likeness (QED) is 0.890. The molecule has 1 fully saturated rings. The highest BCUT2D eigenvalue weighted by atomic mass is 16.5. The van der Waals surface area contributed by atoms with Gasteiger partial charge in [0.2, 0.25) is 0 Å². The molecule has 5 heteroatoms. The van der Waals surface area contributed by atoms with E-state index in [2.05, 4.69) is 11.0 Å². The molecule has 1 aromatic rings. The number of hydrogen-bond donors (Lipinski definition) is 1. The zero-order valence-electron chi connectivity index (χ0n) is 11.5. The van der Waals surface area contributed by atoms with Crippen LogP contribution in [0.1, 0.15) is 16.7 Å². The summed E-state index contributed by atoms with van der Waals surface area (Å²) >= 11 is 0. The molecule has 0 aromatic heterocycles. The number of carbonyl (C=O) groups is 1. The lowest BCUT2D eigenvalue weighted by Gasteiger charge is -2.31. The van der Waals surface area contributed by atoms with Crippen LogP contribution in [-0.4, -0.2) is 53.8 Å². The van der Waals surface area contributed by atoms with Gasteiger partial charge in [-0.25, -0.2) is 4.79 Å². The molecule has 3 rings (SSSR count). The van der Waals surface area contributed by atoms with E-state index < -0.39 is 6.09 Å². The van der Waals surface area contributed by atoms with Gasteiger partial charge in [0.15, 0.2) is 0 Å². The van der Waals surface area contributed by atoms with Gasteiger partial charge < -0.3 is 14.7 Å². The Hall–Kier alpha value is -1.59. The Morgan fingerprint density at radius 1 is 1.25 bits per heavy atom. The van der Waals surface area contributed by atoms with Gasteiger partial charge in [0, 0.05) is 32.7 Å². The number of amides is 1. The van der Waals surface area contributed by atoms with Gasteiger partial charge in [-0.05, 0) is 23.1 Å². The second-order valence-electron chi connectivity index (χ2n) is 5.40. The molecule has 1 aromatic carbocycles. The molecule has 0 atom stereocenters. The van der Waals surface area contributed by atoms with Crippen molar-refractivity contribution in [2.45, 2.75) is 19.5 Å². The van der Waals surface area contributed by atoms with Gasteiger partial charge in [0.25, 0.3) is 0 Å². The van der Waals surface area contributed by atoms with Crippen molar-refractivity contribution < 1.29 is 14.6 Å². The zero-order chi connectivity index (χ0) is 13.9. The smallest absolute Gasteiger partial charge is 0.407 e. The minimum Gasteiger partial charge on any atom is -0.465 e. The van der Waals surface area contributed by atoms with E-state index in [0.29, 0.717) is 13.1 Å². The van der Waals surface area contributed by atoms with Gasteiger partial charge in [-0.15, -0.1) is 0 Å². The molecule has 5 nitrogen and oxygen atoms in total. The van der Waals surface area contributed by atoms with Crippen LogP contribution in [0, 0.1) is 0 Å². The van der Waals surface area contributed by atoms with Crippen LogP contribution in [0.25, 0.3) is 0 Å². The average Bonchev–Trinajstić information content (AvgIpc) is 2.48. The maximum Gasteiger partial charge on any atom is 0.407 e. The summed E-state index contributed by atoms with van der Waals surface area (Å²) in [6.07, 6.45) is -0.00321. The highest BCUT2D eigenvalue weighted by Crippen LogP contribution is 2.24. The van der Waals surface area contributed by atoms with Gasteiger partial charge in [-0.1, -0.05) is 18.2 Å². The van der Waals surface area contributed by atoms with Crippen LogP contribution in [0.3, 0.4) is 0 Å². The Kier molecular flexibility index (Phi) is 3.89. The number of rotatable bonds is 2. The maximum absolute atomic E-state index is 11.1. The number of fused-ring (bicyclic) bond motifs is 1. The molecule has 0 unspecified atom stereocenters. The van der Waals surface area contributed by atoms with Crippen LogP contribution in [0.4, 0.5) is 4.79 Å². The lowest BCUT2D eigenvalue weighted by molar-refractivity contribution is 0.0340. The predicted octanol–water partition coefficient (Wildman–Crippen LogP) is 1.55. The second kappa shape index (κ2) is 5.81. The maximum atomic E-state index is 11.1. The van der Waals surface area contributed by atoms with E-state index in [0.717, 1.165) is 44.8 Å². The molecule has 1 N–H and O–H groups in total. The molecule has 2 heterocycles. The Bertz CT molecular complexity index is 498. The fourth-order valence-corrected chi connectivity index (χ4v) is 3.00. The molecular weight excluding hydrogens is 256 g/mol. The van der Waals surface area contributed by atoms with E-state index >= 15 is 0 Å². The number of hydrogen-bond acceptors (Lipinski definition) is 3. The van der Waals surface area contributed by atoms with Crippen molar-refractivity contribution in [1.82, 2.24) is 9.80 Å². The minimum absolute atomic E-state index is 0.515. The minimum atomic E-state index is -0.825. The fraction of sp³-hybridized carbons (Fsp3) is 0.533. The molecule has 0 saturated carbocycles. The molecule has 1 amide bonds. The van der Waals surface area contributed by atoms with Gasteiger partial charge in [0.1, 0.15) is 0 Å². The molecule has 2 aliphatic heterocycles. The fourth-order valence-electron chi connectivity index (χ4n) is 3.00. The first-order valence-corrected chi connectivity index (χ1v) is 7.11. The summed E-state index contributed by atoms with van der Waals surface area (Å²) in [6, 6.07) is 6.26. The second-order valence-corrected chi connectivity index (χ2v) is 5.40. The summed E-state index contributed by atoms with van der Waals surface area (Å²) in [5.41, 5.74) is 3.84. The van der Waals surface area contributed by atoms with Crippen molar-refractivity contribution in [2.75, 3.05) is 32.8 Å². The van der Waals surface area contributed by atoms with Crippen molar-refractivity contribution in [3.63, 3.8) is 0 Å². The van der Waals surface area contributed by atoms with E-state index in [-0.39, 0.29) is 0 Å². The summed E-state index contributed by atoms with van der Waals surface area (Å²) in [5, 5.41) is 9.10. The largest absolute Gasteiger partial charge is 0.465 e. The third-order valence-electron chi connectivity index (χ3n) is 4.13. The van der Waals surface area contributed by atoms with Crippen molar-refractivity contribution >= 4 is 6.09 Å². The number of nitrogens with zero attached hydrogens (tertiary/aromatic N) is 2. The Balaban J connectivity index is 1.76. The highest BCUT2D eigenvalue weighted by Gasteiger charge is 2.22. The average molecular weight is 276 g/mol. The highest BCUT2D eigenvalue weighted by molar-refractivity contribution is 5.65. The molecule has 20 heavy (non-hydrogen) atoms. The SMILES string of the molecule is O=C(O)N1CCc2c(CN3CCOCC3)cccc2C1. The number of ether oxygens (including phenoxy) is 1. The molecule has 0 aliphatic carbocycles. The van der Waals surface area contributed by atoms with Gasteiger partial charge in [-0.2, -0.15) is 0 Å². The van der Waals surface area contributed by atoms with E-state index in [1.165, 1.54) is 16.0 Å². The first-order chi connectivity index (χ1) is 9.74. The normalized spacial score (nSPS) is 19.7. The third-order valence-corrected chi connectivity index (χ3v) is 4.13. The first-order valence-electron chi connectivity index (χ1n) is 7.11. The Morgan fingerprint density at radius 3 is 2.80 bits per heavy atom. The summed E-state index contributed by atoms with van der Waals surface area (Å²) in [4.78, 5) is 15.0. The molecule has 0 spiro atoms. The Morgan fingerprint density at radius 2 is 2.05 bits per heavy atom. The number of benzene rings is 1. The van der Waals surface area contributed by atoms with E-state index in [1.54, 1.807) is 0 Å². The third kappa shape index (κ3) is 2.78. The molecular formula is C15H20N2O3. The number of morpholine rings is 1. The van der Waals surface area contributed by atoms with Gasteiger partial charge in [0.05, 0.1) is 13.2 Å². The van der Waals surface area contributed by atoms with E-state index in [9.17, 15) is 4.79 Å². The van der Waals surface area contributed by atoms with Crippen LogP contribution >= 0.6 is 0 Å². The molecule has 0 bridgehead atoms. The molecule has 0 radical (unpaired) electrons. The van der Waals surface area contributed by atoms with Crippen LogP contribution in [0.2, 0.25) is 0 Å². The number of carboxylic acid groups (broad SMARTS) is 1. The van der Waals surface area contributed by atoms with Crippen molar-refractivity contribution in [3.05, 3.63) is 34.9 Å². The van der Waals surface area contributed by atoms with Crippen LogP contribution in [0.15, 0.2) is 18.2 Å². The van der Waals surface area contributed by atoms with Crippen molar-refractivity contribution in [3.8, 4) is 0 Å². The lowest BCUT2D eigenvalue weighted by Crippen LogP contribution is -2.37. The van der Waals surface area contributed by atoms with Crippen molar-refractivity contribution in [1.29, 1.82) is 0 Å². The van der Waals surface area contributed by atoms with Crippen molar-refractivity contribution in [2.24, 2.45) is 0 Å². The van der Waals surface area contributed by atoms with E-state index in [1.807, 2.05) is 12.1 Å². The predicted molar refractivity (Wildman–Crippen MR) is 74.7 cm³/mol. The molecule has 1 saturated heterocycles. The summed E-state index contributed by atoms with van der Waals surface area (Å²) in [6.45, 7) is 5.63.